The minimum Gasteiger partial charge on any atom is -0.456 e. The Hall–Kier alpha value is -3.22. The summed E-state index contributed by atoms with van der Waals surface area (Å²) in [5.41, 5.74) is 5.13. The van der Waals surface area contributed by atoms with Crippen LogP contribution in [-0.2, 0) is 33.1 Å². The number of rotatable bonds is 10. The lowest BCUT2D eigenvalue weighted by molar-refractivity contribution is 0.388. The van der Waals surface area contributed by atoms with E-state index in [0.717, 1.165) is 60.6 Å². The van der Waals surface area contributed by atoms with Crippen LogP contribution in [0.3, 0.4) is 0 Å². The number of anilines is 1. The number of ether oxygens (including phenoxy) is 1. The maximum atomic E-state index is 12.6. The third-order valence-electron chi connectivity index (χ3n) is 6.83. The molecule has 3 aromatic rings. The Labute approximate surface area is 227 Å². The Balaban J connectivity index is 2.22. The Bertz CT molecular complexity index is 1760. The highest BCUT2D eigenvalue weighted by atomic mass is 32.2. The molecule has 4 N–H and O–H groups in total. The summed E-state index contributed by atoms with van der Waals surface area (Å²) in [5.74, 6) is 0.793. The average Bonchev–Trinajstić information content (AvgIpc) is 2.88. The molecule has 11 heteroatoms. The van der Waals surface area contributed by atoms with E-state index >= 15 is 0 Å². The maximum absolute atomic E-state index is 12.6. The second kappa shape index (κ2) is 11.1. The van der Waals surface area contributed by atoms with Gasteiger partial charge in [-0.05, 0) is 66.8 Å². The van der Waals surface area contributed by atoms with E-state index in [-0.39, 0.29) is 5.56 Å². The first-order chi connectivity index (χ1) is 18.4. The van der Waals surface area contributed by atoms with Crippen molar-refractivity contribution in [2.24, 2.45) is 0 Å². The first-order valence-corrected chi connectivity index (χ1v) is 15.5. The molecule has 0 aliphatic carbocycles. The Morgan fingerprint density at radius 1 is 0.872 bits per heavy atom. The van der Waals surface area contributed by atoms with Crippen LogP contribution in [0.2, 0.25) is 0 Å². The Kier molecular flexibility index (Phi) is 8.20. The molecule has 3 aromatic carbocycles. The first kappa shape index (κ1) is 28.8. The van der Waals surface area contributed by atoms with Gasteiger partial charge in [-0.25, -0.2) is 0 Å². The van der Waals surface area contributed by atoms with Crippen molar-refractivity contribution in [1.29, 1.82) is 0 Å². The molecule has 208 valence electrons. The van der Waals surface area contributed by atoms with E-state index in [2.05, 4.69) is 25.9 Å². The van der Waals surface area contributed by atoms with Gasteiger partial charge >= 0.3 is 0 Å². The largest absolute Gasteiger partial charge is 0.456 e. The molecule has 9 nitrogen and oxygen atoms in total. The number of hydrogen-bond donors (Lipinski definition) is 4. The lowest BCUT2D eigenvalue weighted by Gasteiger charge is -2.26. The van der Waals surface area contributed by atoms with Gasteiger partial charge in [-0.1, -0.05) is 39.3 Å². The minimum atomic E-state index is -4.94. The van der Waals surface area contributed by atoms with Crippen LogP contribution in [0.25, 0.3) is 12.2 Å². The maximum Gasteiger partial charge on any atom is 0.295 e. The zero-order valence-electron chi connectivity index (χ0n) is 21.7. The molecule has 0 atom stereocenters. The molecule has 0 saturated carbocycles. The minimum absolute atomic E-state index is 0.0279. The van der Waals surface area contributed by atoms with E-state index in [4.69, 9.17) is 4.74 Å². The number of unbranched alkanes of at least 4 members (excludes halogenated alkanes) is 2. The smallest absolute Gasteiger partial charge is 0.295 e. The number of fused-ring (bicyclic) bond motifs is 2. The van der Waals surface area contributed by atoms with Crippen molar-refractivity contribution in [1.82, 2.24) is 0 Å². The van der Waals surface area contributed by atoms with Crippen LogP contribution in [0.5, 0.6) is 11.5 Å². The average molecular weight is 574 g/mol. The van der Waals surface area contributed by atoms with E-state index in [9.17, 15) is 31.1 Å². The normalized spacial score (nSPS) is 13.0. The molecule has 0 unspecified atom stereocenters. The third kappa shape index (κ3) is 5.73. The fourth-order valence-corrected chi connectivity index (χ4v) is 6.15. The van der Waals surface area contributed by atoms with Crippen LogP contribution >= 0.6 is 0 Å². The van der Waals surface area contributed by atoms with E-state index in [1.807, 2.05) is 6.07 Å². The topological polar surface area (TPSA) is 150 Å². The predicted octanol–water partition coefficient (Wildman–Crippen LogP) is 4.43. The highest BCUT2D eigenvalue weighted by Crippen LogP contribution is 2.41. The van der Waals surface area contributed by atoms with Gasteiger partial charge in [-0.15, -0.1) is 0 Å². The summed E-state index contributed by atoms with van der Waals surface area (Å²) in [5, 5.41) is 10.9. The molecule has 0 saturated heterocycles. The number of nitrogens with one attached hydrogen (secondary N) is 1. The first-order valence-electron chi connectivity index (χ1n) is 12.6. The Morgan fingerprint density at radius 3 is 2.15 bits per heavy atom. The standard InChI is InChI=1S/C28H31NO8S2/c1-4-6-8-18-14-24-27(23-13-11-20(38(31,32)33)16-26(23)39(34,35)36)22-12-10-19(29-30)15-25(22)37-28(24)21(17(18)3)9-7-5-2/h10-16,29-30H,3-9H2,1-2H3,(H,31,32,33)(H,34,35,36). The van der Waals surface area contributed by atoms with Crippen molar-refractivity contribution in [3.8, 4) is 11.5 Å². The van der Waals surface area contributed by atoms with Gasteiger partial charge in [0.15, 0.2) is 0 Å². The summed E-state index contributed by atoms with van der Waals surface area (Å²) in [6.45, 7) is 8.49. The van der Waals surface area contributed by atoms with Crippen LogP contribution in [0.4, 0.5) is 5.69 Å². The zero-order valence-corrected chi connectivity index (χ0v) is 23.3. The third-order valence-corrected chi connectivity index (χ3v) is 8.57. The highest BCUT2D eigenvalue weighted by molar-refractivity contribution is 7.86. The molecule has 39 heavy (non-hydrogen) atoms. The van der Waals surface area contributed by atoms with Crippen LogP contribution < -0.4 is 20.7 Å². The Morgan fingerprint density at radius 2 is 1.54 bits per heavy atom. The van der Waals surface area contributed by atoms with Gasteiger partial charge in [0.05, 0.1) is 10.6 Å². The molecule has 4 rings (SSSR count). The van der Waals surface area contributed by atoms with Crippen LogP contribution in [0.15, 0.2) is 52.3 Å². The van der Waals surface area contributed by atoms with Gasteiger partial charge in [0.2, 0.25) is 0 Å². The second-order valence-corrected chi connectivity index (χ2v) is 12.3. The summed E-state index contributed by atoms with van der Waals surface area (Å²) in [6.07, 6.45) is 5.04. The van der Waals surface area contributed by atoms with Crippen LogP contribution in [0, 0.1) is 0 Å². The summed E-state index contributed by atoms with van der Waals surface area (Å²) in [6, 6.07) is 9.71. The molecule has 0 spiro atoms. The van der Waals surface area contributed by atoms with Gasteiger partial charge in [0, 0.05) is 33.5 Å². The summed E-state index contributed by atoms with van der Waals surface area (Å²) < 4.78 is 74.8. The summed E-state index contributed by atoms with van der Waals surface area (Å²) in [7, 11) is -9.70. The number of benzene rings is 3. The molecule has 0 fully saturated rings. The van der Waals surface area contributed by atoms with Crippen molar-refractivity contribution < 1.29 is 35.9 Å². The van der Waals surface area contributed by atoms with Gasteiger partial charge < -0.3 is 4.74 Å². The quantitative estimate of drug-likeness (QED) is 0.160. The predicted molar refractivity (Wildman–Crippen MR) is 148 cm³/mol. The SMILES string of the molecule is C=c1c(CCCC)cc2c(c1CCCC)Oc1cc(NO)ccc1C=2c1ccc(S(=O)(=O)O)cc1S(=O)(=O)O. The van der Waals surface area contributed by atoms with Crippen molar-refractivity contribution in [3.05, 3.63) is 75.2 Å². The van der Waals surface area contributed by atoms with Crippen molar-refractivity contribution >= 4 is 38.1 Å². The molecular weight excluding hydrogens is 542 g/mol. The van der Waals surface area contributed by atoms with E-state index in [1.54, 1.807) is 18.2 Å². The molecule has 1 aliphatic heterocycles. The zero-order chi connectivity index (χ0) is 28.5. The van der Waals surface area contributed by atoms with Gasteiger partial charge in [0.25, 0.3) is 20.2 Å². The van der Waals surface area contributed by atoms with Gasteiger partial charge in [0.1, 0.15) is 16.4 Å². The molecule has 1 heterocycles. The fourth-order valence-electron chi connectivity index (χ4n) is 4.84. The summed E-state index contributed by atoms with van der Waals surface area (Å²) >= 11 is 0. The molecule has 0 bridgehead atoms. The van der Waals surface area contributed by atoms with E-state index < -0.39 is 30.0 Å². The van der Waals surface area contributed by atoms with Crippen molar-refractivity contribution in [2.45, 2.75) is 62.2 Å². The lowest BCUT2D eigenvalue weighted by atomic mass is 9.88. The lowest BCUT2D eigenvalue weighted by Crippen LogP contribution is -2.27. The molecular formula is C28H31NO8S2. The molecule has 1 aliphatic rings. The van der Waals surface area contributed by atoms with Crippen LogP contribution in [-0.4, -0.2) is 31.1 Å². The number of aryl methyl sites for hydroxylation is 1. The second-order valence-electron chi connectivity index (χ2n) is 9.48. The van der Waals surface area contributed by atoms with Crippen molar-refractivity contribution in [3.63, 3.8) is 0 Å². The van der Waals surface area contributed by atoms with Gasteiger partial charge in [-0.2, -0.15) is 16.8 Å². The van der Waals surface area contributed by atoms with Crippen LogP contribution in [0.1, 0.15) is 61.8 Å². The van der Waals surface area contributed by atoms with Gasteiger partial charge in [-0.3, -0.25) is 19.8 Å². The molecule has 0 amide bonds. The van der Waals surface area contributed by atoms with E-state index in [1.165, 1.54) is 6.07 Å². The molecule has 0 radical (unpaired) electrons. The highest BCUT2D eigenvalue weighted by Gasteiger charge is 2.29. The van der Waals surface area contributed by atoms with Crippen molar-refractivity contribution in [2.75, 3.05) is 5.48 Å². The van der Waals surface area contributed by atoms with E-state index in [0.29, 0.717) is 40.0 Å². The summed E-state index contributed by atoms with van der Waals surface area (Å²) in [4.78, 5) is -1.35. The molecule has 0 aromatic heterocycles. The monoisotopic (exact) mass is 573 g/mol. The fraction of sp³-hybridized carbons (Fsp3) is 0.286. The number of hydrogen-bond acceptors (Lipinski definition) is 7.